The van der Waals surface area contributed by atoms with Crippen LogP contribution in [-0.2, 0) is 15.5 Å². The maximum absolute atomic E-state index is 10.7. The van der Waals surface area contributed by atoms with Crippen molar-refractivity contribution in [1.82, 2.24) is 0 Å². The summed E-state index contributed by atoms with van der Waals surface area (Å²) in [5.41, 5.74) is 1.34. The molecule has 0 aromatic heterocycles. The Morgan fingerprint density at radius 2 is 1.70 bits per heavy atom. The van der Waals surface area contributed by atoms with Crippen LogP contribution < -0.4 is 4.74 Å². The second-order valence-corrected chi connectivity index (χ2v) is 7.80. The third-order valence-electron chi connectivity index (χ3n) is 3.01. The Bertz CT molecular complexity index is 468. The van der Waals surface area contributed by atoms with Crippen LogP contribution in [0.5, 0.6) is 5.75 Å². The summed E-state index contributed by atoms with van der Waals surface area (Å²) in [6.45, 7) is 2.83. The molecule has 1 rings (SSSR count). The van der Waals surface area contributed by atoms with Gasteiger partial charge < -0.3 is 4.74 Å². The standard InChI is InChI=1S/C15H23ClO3S/c1-2-7-14-8-10-15(11-9-14)19-12-5-3-4-6-13-20(16,17)18/h8-11H,2-7,12-13H2,1H3. The van der Waals surface area contributed by atoms with Gasteiger partial charge in [-0.15, -0.1) is 0 Å². The van der Waals surface area contributed by atoms with Crippen LogP contribution in [0.25, 0.3) is 0 Å². The van der Waals surface area contributed by atoms with Crippen molar-refractivity contribution in [2.75, 3.05) is 12.4 Å². The lowest BCUT2D eigenvalue weighted by molar-refractivity contribution is 0.305. The predicted octanol–water partition coefficient (Wildman–Crippen LogP) is 4.15. The molecule has 0 atom stereocenters. The highest BCUT2D eigenvalue weighted by Gasteiger charge is 2.03. The molecule has 1 aromatic carbocycles. The molecule has 20 heavy (non-hydrogen) atoms. The topological polar surface area (TPSA) is 43.4 Å². The zero-order valence-electron chi connectivity index (χ0n) is 12.0. The highest BCUT2D eigenvalue weighted by Crippen LogP contribution is 2.14. The fourth-order valence-electron chi connectivity index (χ4n) is 1.96. The van der Waals surface area contributed by atoms with Crippen LogP contribution in [0.3, 0.4) is 0 Å². The smallest absolute Gasteiger partial charge is 0.232 e. The number of rotatable bonds is 10. The largest absolute Gasteiger partial charge is 0.494 e. The van der Waals surface area contributed by atoms with Crippen molar-refractivity contribution < 1.29 is 13.2 Å². The molecule has 114 valence electrons. The van der Waals surface area contributed by atoms with Crippen LogP contribution in [-0.4, -0.2) is 20.8 Å². The molecule has 0 radical (unpaired) electrons. The molecule has 0 saturated heterocycles. The molecule has 0 N–H and O–H groups in total. The van der Waals surface area contributed by atoms with E-state index in [1.165, 1.54) is 5.56 Å². The molecule has 5 heteroatoms. The van der Waals surface area contributed by atoms with Crippen molar-refractivity contribution in [3.63, 3.8) is 0 Å². The minimum Gasteiger partial charge on any atom is -0.494 e. The van der Waals surface area contributed by atoms with Gasteiger partial charge in [-0.2, -0.15) is 0 Å². The number of hydrogen-bond acceptors (Lipinski definition) is 3. The molecule has 3 nitrogen and oxygen atoms in total. The van der Waals surface area contributed by atoms with Gasteiger partial charge in [0.2, 0.25) is 9.05 Å². The van der Waals surface area contributed by atoms with Gasteiger partial charge in [-0.3, -0.25) is 0 Å². The molecule has 1 aromatic rings. The minimum absolute atomic E-state index is 0.0638. The lowest BCUT2D eigenvalue weighted by Gasteiger charge is -2.07. The third kappa shape index (κ3) is 8.43. The molecule has 0 spiro atoms. The fraction of sp³-hybridized carbons (Fsp3) is 0.600. The van der Waals surface area contributed by atoms with E-state index >= 15 is 0 Å². The molecule has 0 saturated carbocycles. The first-order chi connectivity index (χ1) is 9.51. The SMILES string of the molecule is CCCc1ccc(OCCCCCCS(=O)(=O)Cl)cc1. The van der Waals surface area contributed by atoms with Gasteiger partial charge in [0.15, 0.2) is 0 Å². The van der Waals surface area contributed by atoms with E-state index < -0.39 is 9.05 Å². The number of aryl methyl sites for hydroxylation is 1. The highest BCUT2D eigenvalue weighted by atomic mass is 35.7. The summed E-state index contributed by atoms with van der Waals surface area (Å²) in [6.07, 6.45) is 5.63. The number of hydrogen-bond donors (Lipinski definition) is 0. The van der Waals surface area contributed by atoms with Crippen LogP contribution in [0.4, 0.5) is 0 Å². The van der Waals surface area contributed by atoms with E-state index in [9.17, 15) is 8.42 Å². The van der Waals surface area contributed by atoms with Crippen molar-refractivity contribution >= 4 is 19.7 Å². The molecule has 0 unspecified atom stereocenters. The van der Waals surface area contributed by atoms with Crippen molar-refractivity contribution in [2.24, 2.45) is 0 Å². The summed E-state index contributed by atoms with van der Waals surface area (Å²) in [5, 5.41) is 0. The maximum Gasteiger partial charge on any atom is 0.232 e. The van der Waals surface area contributed by atoms with E-state index in [2.05, 4.69) is 19.1 Å². The molecule has 0 aliphatic rings. The fourth-order valence-corrected chi connectivity index (χ4v) is 2.84. The average Bonchev–Trinajstić information content (AvgIpc) is 2.38. The zero-order valence-corrected chi connectivity index (χ0v) is 13.5. The van der Waals surface area contributed by atoms with E-state index in [-0.39, 0.29) is 5.75 Å². The summed E-state index contributed by atoms with van der Waals surface area (Å²) in [4.78, 5) is 0. The quantitative estimate of drug-likeness (QED) is 0.481. The van der Waals surface area contributed by atoms with Crippen molar-refractivity contribution in [2.45, 2.75) is 45.4 Å². The monoisotopic (exact) mass is 318 g/mol. The number of halogens is 1. The normalized spacial score (nSPS) is 11.5. The van der Waals surface area contributed by atoms with Crippen LogP contribution in [0.2, 0.25) is 0 Å². The second-order valence-electron chi connectivity index (χ2n) is 4.90. The Morgan fingerprint density at radius 3 is 2.30 bits per heavy atom. The molecule has 0 bridgehead atoms. The van der Waals surface area contributed by atoms with Gasteiger partial charge in [-0.1, -0.05) is 38.3 Å². The zero-order chi connectivity index (χ0) is 14.8. The lowest BCUT2D eigenvalue weighted by atomic mass is 10.1. The molecule has 0 fully saturated rings. The molecule has 0 aliphatic heterocycles. The molecular weight excluding hydrogens is 296 g/mol. The van der Waals surface area contributed by atoms with Crippen molar-refractivity contribution in [3.05, 3.63) is 29.8 Å². The first-order valence-electron chi connectivity index (χ1n) is 7.15. The van der Waals surface area contributed by atoms with Gasteiger partial charge in [0, 0.05) is 10.7 Å². The summed E-state index contributed by atoms with van der Waals surface area (Å²) in [6, 6.07) is 8.21. The van der Waals surface area contributed by atoms with Crippen LogP contribution in [0.1, 0.15) is 44.6 Å². The van der Waals surface area contributed by atoms with Gasteiger partial charge in [0.1, 0.15) is 5.75 Å². The Balaban J connectivity index is 2.09. The van der Waals surface area contributed by atoms with Gasteiger partial charge in [0.05, 0.1) is 12.4 Å². The number of unbranched alkanes of at least 4 members (excludes halogenated alkanes) is 3. The van der Waals surface area contributed by atoms with Crippen LogP contribution in [0, 0.1) is 0 Å². The van der Waals surface area contributed by atoms with E-state index in [1.807, 2.05) is 12.1 Å². The maximum atomic E-state index is 10.7. The molecular formula is C15H23ClO3S. The Hall–Kier alpha value is -0.740. The summed E-state index contributed by atoms with van der Waals surface area (Å²) in [7, 11) is 1.81. The third-order valence-corrected chi connectivity index (χ3v) is 4.25. The molecule has 0 heterocycles. The first kappa shape index (κ1) is 17.3. The first-order valence-corrected chi connectivity index (χ1v) is 9.63. The average molecular weight is 319 g/mol. The minimum atomic E-state index is -3.33. The predicted molar refractivity (Wildman–Crippen MR) is 84.0 cm³/mol. The summed E-state index contributed by atoms with van der Waals surface area (Å²) >= 11 is 0. The van der Waals surface area contributed by atoms with Crippen LogP contribution >= 0.6 is 10.7 Å². The summed E-state index contributed by atoms with van der Waals surface area (Å²) < 4.78 is 27.1. The molecule has 0 amide bonds. The highest BCUT2D eigenvalue weighted by molar-refractivity contribution is 8.13. The van der Waals surface area contributed by atoms with Crippen molar-refractivity contribution in [1.29, 1.82) is 0 Å². The molecule has 0 aliphatic carbocycles. The number of benzene rings is 1. The summed E-state index contributed by atoms with van der Waals surface area (Å²) in [5.74, 6) is 0.960. The van der Waals surface area contributed by atoms with Crippen molar-refractivity contribution in [3.8, 4) is 5.75 Å². The Labute approximate surface area is 126 Å². The van der Waals surface area contributed by atoms with E-state index in [4.69, 9.17) is 15.4 Å². The Morgan fingerprint density at radius 1 is 1.05 bits per heavy atom. The van der Waals surface area contributed by atoms with Gasteiger partial charge in [0.25, 0.3) is 0 Å². The van der Waals surface area contributed by atoms with E-state index in [0.29, 0.717) is 13.0 Å². The number of ether oxygens (including phenoxy) is 1. The van der Waals surface area contributed by atoms with Crippen LogP contribution in [0.15, 0.2) is 24.3 Å². The Kier molecular flexibility index (Phi) is 8.00. The van der Waals surface area contributed by atoms with E-state index in [1.54, 1.807) is 0 Å². The van der Waals surface area contributed by atoms with E-state index in [0.717, 1.165) is 37.9 Å². The second kappa shape index (κ2) is 9.24. The lowest BCUT2D eigenvalue weighted by Crippen LogP contribution is -1.99. The van der Waals surface area contributed by atoms with Gasteiger partial charge in [-0.25, -0.2) is 8.42 Å². The van der Waals surface area contributed by atoms with Gasteiger partial charge in [-0.05, 0) is 37.0 Å². The van der Waals surface area contributed by atoms with Gasteiger partial charge >= 0.3 is 0 Å².